The molecular weight excluding hydrogens is 195 g/mol. The first-order valence-electron chi connectivity index (χ1n) is 4.64. The number of halogens is 2. The monoisotopic (exact) mass is 212 g/mol. The molecule has 0 bridgehead atoms. The molecule has 1 unspecified atom stereocenters. The molecule has 3 heteroatoms. The van der Waals surface area contributed by atoms with Gasteiger partial charge >= 0.3 is 0 Å². The number of alkyl halides is 2. The smallest absolute Gasteiger partial charge is 0.133 e. The summed E-state index contributed by atoms with van der Waals surface area (Å²) in [5.41, 5.74) is 0. The average molecular weight is 213 g/mol. The third-order valence-electron chi connectivity index (χ3n) is 1.89. The van der Waals surface area contributed by atoms with Crippen molar-refractivity contribution in [2.45, 2.75) is 56.4 Å². The third-order valence-corrected chi connectivity index (χ3v) is 2.48. The Kier molecular flexibility index (Phi) is 8.52. The summed E-state index contributed by atoms with van der Waals surface area (Å²) < 4.78 is 0. The molecule has 12 heavy (non-hydrogen) atoms. The van der Waals surface area contributed by atoms with Crippen LogP contribution in [0.25, 0.3) is 0 Å². The largest absolute Gasteiger partial charge is 0.390 e. The van der Waals surface area contributed by atoms with Crippen LogP contribution in [-0.4, -0.2) is 16.0 Å². The van der Waals surface area contributed by atoms with E-state index in [9.17, 15) is 5.11 Å². The fraction of sp³-hybridized carbons (Fsp3) is 1.00. The van der Waals surface area contributed by atoms with Crippen LogP contribution < -0.4 is 0 Å². The van der Waals surface area contributed by atoms with Crippen LogP contribution in [0.4, 0.5) is 0 Å². The van der Waals surface area contributed by atoms with Crippen LogP contribution in [0.5, 0.6) is 0 Å². The maximum Gasteiger partial charge on any atom is 0.133 e. The normalized spacial score (nSPS) is 13.8. The molecule has 0 aliphatic rings. The molecule has 0 aromatic carbocycles. The molecule has 0 aliphatic heterocycles. The molecule has 0 fully saturated rings. The van der Waals surface area contributed by atoms with Crippen molar-refractivity contribution in [2.24, 2.45) is 0 Å². The molecule has 0 rings (SSSR count). The molecule has 0 spiro atoms. The van der Waals surface area contributed by atoms with Gasteiger partial charge in [0.2, 0.25) is 0 Å². The number of hydrogen-bond acceptors (Lipinski definition) is 1. The minimum Gasteiger partial charge on any atom is -0.390 e. The van der Waals surface area contributed by atoms with Gasteiger partial charge in [-0.15, -0.1) is 23.2 Å². The highest BCUT2D eigenvalue weighted by molar-refractivity contribution is 6.44. The van der Waals surface area contributed by atoms with Crippen molar-refractivity contribution in [3.8, 4) is 0 Å². The number of aliphatic hydroxyl groups is 1. The van der Waals surface area contributed by atoms with E-state index < -0.39 is 10.9 Å². The van der Waals surface area contributed by atoms with Gasteiger partial charge in [-0.25, -0.2) is 0 Å². The zero-order chi connectivity index (χ0) is 9.40. The van der Waals surface area contributed by atoms with Crippen molar-refractivity contribution < 1.29 is 5.11 Å². The number of aliphatic hydroxyl groups excluding tert-OH is 1. The molecule has 0 radical (unpaired) electrons. The van der Waals surface area contributed by atoms with Gasteiger partial charge in [0.05, 0.1) is 6.10 Å². The van der Waals surface area contributed by atoms with E-state index in [1.165, 1.54) is 25.7 Å². The minimum atomic E-state index is -0.629. The zero-order valence-electron chi connectivity index (χ0n) is 7.60. The van der Waals surface area contributed by atoms with E-state index in [2.05, 4.69) is 6.92 Å². The maximum atomic E-state index is 9.22. The predicted molar refractivity (Wildman–Crippen MR) is 54.9 cm³/mol. The molecule has 0 heterocycles. The lowest BCUT2D eigenvalue weighted by Gasteiger charge is -2.10. The van der Waals surface area contributed by atoms with E-state index in [0.717, 1.165) is 12.8 Å². The summed E-state index contributed by atoms with van der Waals surface area (Å²) >= 11 is 11.0. The topological polar surface area (TPSA) is 20.2 Å². The van der Waals surface area contributed by atoms with Gasteiger partial charge < -0.3 is 5.11 Å². The summed E-state index contributed by atoms with van der Waals surface area (Å²) in [5, 5.41) is 9.22. The average Bonchev–Trinajstić information content (AvgIpc) is 2.03. The maximum absolute atomic E-state index is 9.22. The first-order chi connectivity index (χ1) is 5.68. The van der Waals surface area contributed by atoms with Gasteiger partial charge in [0.15, 0.2) is 0 Å². The van der Waals surface area contributed by atoms with Crippen LogP contribution in [0.15, 0.2) is 0 Å². The fourth-order valence-corrected chi connectivity index (χ4v) is 1.33. The van der Waals surface area contributed by atoms with Crippen LogP contribution in [-0.2, 0) is 0 Å². The van der Waals surface area contributed by atoms with E-state index in [0.29, 0.717) is 0 Å². The molecule has 0 saturated heterocycles. The van der Waals surface area contributed by atoms with Gasteiger partial charge in [0.1, 0.15) is 4.84 Å². The Labute approximate surface area is 85.1 Å². The standard InChI is InChI=1S/C9H18Cl2O/c1-2-3-4-5-6-7-8(12)9(10)11/h8-9,12H,2-7H2,1H3. The number of rotatable bonds is 7. The second-order valence-corrected chi connectivity index (χ2v) is 4.27. The van der Waals surface area contributed by atoms with Crippen LogP contribution in [0, 0.1) is 0 Å². The lowest BCUT2D eigenvalue weighted by Crippen LogP contribution is -2.14. The molecule has 0 aromatic rings. The molecule has 0 amide bonds. The molecule has 0 saturated carbocycles. The van der Waals surface area contributed by atoms with Gasteiger partial charge in [-0.05, 0) is 6.42 Å². The Morgan fingerprint density at radius 1 is 1.08 bits per heavy atom. The van der Waals surface area contributed by atoms with Gasteiger partial charge in [0, 0.05) is 0 Å². The fourth-order valence-electron chi connectivity index (χ4n) is 1.08. The van der Waals surface area contributed by atoms with Crippen molar-refractivity contribution in [3.63, 3.8) is 0 Å². The summed E-state index contributed by atoms with van der Waals surface area (Å²) in [4.78, 5) is -0.629. The summed E-state index contributed by atoms with van der Waals surface area (Å²) in [6.45, 7) is 2.18. The van der Waals surface area contributed by atoms with Crippen LogP contribution in [0.2, 0.25) is 0 Å². The van der Waals surface area contributed by atoms with Crippen molar-refractivity contribution in [1.29, 1.82) is 0 Å². The zero-order valence-corrected chi connectivity index (χ0v) is 9.11. The Morgan fingerprint density at radius 2 is 1.67 bits per heavy atom. The summed E-state index contributed by atoms with van der Waals surface area (Å²) in [6.07, 6.45) is 6.15. The molecule has 0 aliphatic carbocycles. The van der Waals surface area contributed by atoms with Crippen LogP contribution >= 0.6 is 23.2 Å². The van der Waals surface area contributed by atoms with E-state index in [1.54, 1.807) is 0 Å². The summed E-state index contributed by atoms with van der Waals surface area (Å²) in [6, 6.07) is 0. The minimum absolute atomic E-state index is 0.546. The predicted octanol–water partition coefficient (Wildman–Crippen LogP) is 3.51. The van der Waals surface area contributed by atoms with E-state index >= 15 is 0 Å². The molecule has 74 valence electrons. The van der Waals surface area contributed by atoms with Gasteiger partial charge in [-0.1, -0.05) is 39.0 Å². The number of hydrogen-bond donors (Lipinski definition) is 1. The van der Waals surface area contributed by atoms with Gasteiger partial charge in [-0.2, -0.15) is 0 Å². The highest BCUT2D eigenvalue weighted by Gasteiger charge is 2.11. The lowest BCUT2D eigenvalue weighted by atomic mass is 10.1. The Bertz CT molecular complexity index is 96.5. The first kappa shape index (κ1) is 12.5. The summed E-state index contributed by atoms with van der Waals surface area (Å²) in [7, 11) is 0. The quantitative estimate of drug-likeness (QED) is 0.506. The molecule has 0 aromatic heterocycles. The number of unbranched alkanes of at least 4 members (excludes halogenated alkanes) is 4. The highest BCUT2D eigenvalue weighted by atomic mass is 35.5. The molecule has 1 atom stereocenters. The van der Waals surface area contributed by atoms with Crippen LogP contribution in [0.1, 0.15) is 45.4 Å². The van der Waals surface area contributed by atoms with Gasteiger partial charge in [0.25, 0.3) is 0 Å². The van der Waals surface area contributed by atoms with Gasteiger partial charge in [-0.3, -0.25) is 0 Å². The van der Waals surface area contributed by atoms with Crippen molar-refractivity contribution >= 4 is 23.2 Å². The molecule has 1 nitrogen and oxygen atoms in total. The van der Waals surface area contributed by atoms with Crippen molar-refractivity contribution in [3.05, 3.63) is 0 Å². The molecular formula is C9H18Cl2O. The Balaban J connectivity index is 3.08. The van der Waals surface area contributed by atoms with Crippen LogP contribution in [0.3, 0.4) is 0 Å². The highest BCUT2D eigenvalue weighted by Crippen LogP contribution is 2.14. The third kappa shape index (κ3) is 7.20. The second-order valence-electron chi connectivity index (χ2n) is 3.10. The van der Waals surface area contributed by atoms with E-state index in [-0.39, 0.29) is 0 Å². The Morgan fingerprint density at radius 3 is 2.17 bits per heavy atom. The Hall–Kier alpha value is 0.540. The second kappa shape index (κ2) is 8.15. The van der Waals surface area contributed by atoms with E-state index in [1.807, 2.05) is 0 Å². The van der Waals surface area contributed by atoms with Crippen molar-refractivity contribution in [2.75, 3.05) is 0 Å². The summed E-state index contributed by atoms with van der Waals surface area (Å²) in [5.74, 6) is 0. The SMILES string of the molecule is CCCCCCCC(O)C(Cl)Cl. The van der Waals surface area contributed by atoms with Crippen molar-refractivity contribution in [1.82, 2.24) is 0 Å². The molecule has 1 N–H and O–H groups in total. The lowest BCUT2D eigenvalue weighted by molar-refractivity contribution is 0.174. The van der Waals surface area contributed by atoms with E-state index in [4.69, 9.17) is 23.2 Å². The first-order valence-corrected chi connectivity index (χ1v) is 5.52.